The van der Waals surface area contributed by atoms with Gasteiger partial charge in [-0.3, -0.25) is 0 Å². The summed E-state index contributed by atoms with van der Waals surface area (Å²) in [6.07, 6.45) is 3.26. The van der Waals surface area contributed by atoms with Gasteiger partial charge in [0.2, 0.25) is 5.88 Å². The minimum atomic E-state index is 0.174. The number of nitriles is 1. The lowest BCUT2D eigenvalue weighted by Gasteiger charge is -2.17. The Kier molecular flexibility index (Phi) is 7.22. The van der Waals surface area contributed by atoms with Gasteiger partial charge in [-0.15, -0.1) is 5.10 Å². The van der Waals surface area contributed by atoms with E-state index < -0.39 is 0 Å². The first-order valence-electron chi connectivity index (χ1n) is 10.3. The molecule has 0 atom stereocenters. The summed E-state index contributed by atoms with van der Waals surface area (Å²) in [6.45, 7) is 7.64. The first-order chi connectivity index (χ1) is 14.9. The van der Waals surface area contributed by atoms with Crippen molar-refractivity contribution in [1.82, 2.24) is 10.2 Å². The largest absolute Gasteiger partial charge is 0.476 e. The highest BCUT2D eigenvalue weighted by molar-refractivity contribution is 5.72. The molecule has 0 saturated heterocycles. The minimum Gasteiger partial charge on any atom is -0.476 e. The fourth-order valence-corrected chi connectivity index (χ4v) is 2.98. The van der Waals surface area contributed by atoms with Crippen molar-refractivity contribution >= 4 is 0 Å². The maximum absolute atomic E-state index is 9.33. The van der Waals surface area contributed by atoms with Crippen LogP contribution in [-0.4, -0.2) is 23.3 Å². The van der Waals surface area contributed by atoms with E-state index in [1.54, 1.807) is 18.2 Å². The molecule has 0 aliphatic carbocycles. The van der Waals surface area contributed by atoms with E-state index in [0.717, 1.165) is 24.0 Å². The molecule has 0 spiro atoms. The summed E-state index contributed by atoms with van der Waals surface area (Å²) in [4.78, 5) is 0. The molecular formula is C25H28N4O2. The number of hydrogen-bond donors (Lipinski definition) is 1. The van der Waals surface area contributed by atoms with Crippen LogP contribution < -0.4 is 15.2 Å². The van der Waals surface area contributed by atoms with Crippen LogP contribution in [-0.2, 0) is 6.42 Å². The summed E-state index contributed by atoms with van der Waals surface area (Å²) in [7, 11) is 0. The second-order valence-electron chi connectivity index (χ2n) is 8.55. The summed E-state index contributed by atoms with van der Waals surface area (Å²) >= 11 is 0. The molecule has 1 aromatic heterocycles. The quantitative estimate of drug-likeness (QED) is 0.547. The maximum Gasteiger partial charge on any atom is 0.237 e. The van der Waals surface area contributed by atoms with E-state index in [9.17, 15) is 5.26 Å². The third kappa shape index (κ3) is 6.53. The van der Waals surface area contributed by atoms with E-state index in [-0.39, 0.29) is 5.41 Å². The first kappa shape index (κ1) is 22.3. The van der Waals surface area contributed by atoms with E-state index in [1.165, 1.54) is 11.8 Å². The van der Waals surface area contributed by atoms with Crippen molar-refractivity contribution in [2.75, 3.05) is 13.2 Å². The van der Waals surface area contributed by atoms with Crippen LogP contribution in [0.25, 0.3) is 11.1 Å². The van der Waals surface area contributed by atoms with Crippen molar-refractivity contribution in [2.45, 2.75) is 33.6 Å². The number of ether oxygens (including phenoxy) is 2. The van der Waals surface area contributed by atoms with Crippen molar-refractivity contribution in [2.24, 2.45) is 11.1 Å². The van der Waals surface area contributed by atoms with Gasteiger partial charge in [0.25, 0.3) is 0 Å². The Bertz CT molecular complexity index is 1050. The fourth-order valence-electron chi connectivity index (χ4n) is 2.98. The van der Waals surface area contributed by atoms with Crippen LogP contribution >= 0.6 is 0 Å². The lowest BCUT2D eigenvalue weighted by molar-refractivity contribution is 0.233. The molecular weight excluding hydrogens is 388 g/mol. The van der Waals surface area contributed by atoms with Gasteiger partial charge in [-0.25, -0.2) is 0 Å². The highest BCUT2D eigenvalue weighted by Gasteiger charge is 2.13. The van der Waals surface area contributed by atoms with Gasteiger partial charge in [-0.2, -0.15) is 10.4 Å². The van der Waals surface area contributed by atoms with Crippen LogP contribution in [0.5, 0.6) is 17.4 Å². The smallest absolute Gasteiger partial charge is 0.237 e. The van der Waals surface area contributed by atoms with Crippen LogP contribution in [0.15, 0.2) is 54.7 Å². The van der Waals surface area contributed by atoms with Gasteiger partial charge in [-0.1, -0.05) is 45.0 Å². The van der Waals surface area contributed by atoms with Gasteiger partial charge in [0.1, 0.15) is 5.75 Å². The lowest BCUT2D eigenvalue weighted by Crippen LogP contribution is -2.11. The van der Waals surface area contributed by atoms with Crippen LogP contribution in [0.1, 0.15) is 38.3 Å². The van der Waals surface area contributed by atoms with Crippen molar-refractivity contribution in [3.05, 3.63) is 65.9 Å². The predicted octanol–water partition coefficient (Wildman–Crippen LogP) is 5.12. The Morgan fingerprint density at radius 1 is 1.06 bits per heavy atom. The number of benzene rings is 2. The SMILES string of the molecule is CC(C)(C)CCOc1cc(Oc2cc(C#N)ccc2-c2ccc(CCN)cc2)cnn1. The molecule has 0 aliphatic rings. The van der Waals surface area contributed by atoms with E-state index >= 15 is 0 Å². The number of nitrogens with two attached hydrogens (primary N) is 1. The molecule has 0 amide bonds. The maximum atomic E-state index is 9.33. The normalized spacial score (nSPS) is 11.1. The predicted molar refractivity (Wildman–Crippen MR) is 121 cm³/mol. The first-order valence-corrected chi connectivity index (χ1v) is 10.3. The summed E-state index contributed by atoms with van der Waals surface area (Å²) < 4.78 is 11.9. The minimum absolute atomic E-state index is 0.174. The van der Waals surface area contributed by atoms with E-state index in [2.05, 4.69) is 49.2 Å². The van der Waals surface area contributed by atoms with Crippen LogP contribution in [0.2, 0.25) is 0 Å². The summed E-state index contributed by atoms with van der Waals surface area (Å²) in [5.74, 6) is 1.47. The van der Waals surface area contributed by atoms with E-state index in [1.807, 2.05) is 18.2 Å². The Balaban J connectivity index is 1.84. The zero-order valence-corrected chi connectivity index (χ0v) is 18.3. The highest BCUT2D eigenvalue weighted by atomic mass is 16.5. The zero-order chi connectivity index (χ0) is 22.3. The fraction of sp³-hybridized carbons (Fsp3) is 0.320. The van der Waals surface area contributed by atoms with Crippen molar-refractivity contribution in [3.8, 4) is 34.6 Å². The van der Waals surface area contributed by atoms with Gasteiger partial charge < -0.3 is 15.2 Å². The molecule has 0 bridgehead atoms. The molecule has 160 valence electrons. The highest BCUT2D eigenvalue weighted by Crippen LogP contribution is 2.35. The van der Waals surface area contributed by atoms with Crippen molar-refractivity contribution in [1.29, 1.82) is 5.26 Å². The zero-order valence-electron chi connectivity index (χ0n) is 18.3. The van der Waals surface area contributed by atoms with E-state index in [4.69, 9.17) is 15.2 Å². The molecule has 0 radical (unpaired) electrons. The van der Waals surface area contributed by atoms with Gasteiger partial charge >= 0.3 is 0 Å². The second-order valence-corrected chi connectivity index (χ2v) is 8.55. The molecule has 6 heteroatoms. The van der Waals surface area contributed by atoms with Gasteiger partial charge in [-0.05, 0) is 54.1 Å². The summed E-state index contributed by atoms with van der Waals surface area (Å²) in [5.41, 5.74) is 9.38. The Morgan fingerprint density at radius 2 is 1.84 bits per heavy atom. The van der Waals surface area contributed by atoms with Crippen molar-refractivity contribution in [3.63, 3.8) is 0 Å². The number of rotatable bonds is 8. The molecule has 0 aliphatic heterocycles. The van der Waals surface area contributed by atoms with Crippen LogP contribution in [0.3, 0.4) is 0 Å². The molecule has 0 unspecified atom stereocenters. The number of hydrogen-bond acceptors (Lipinski definition) is 6. The number of nitrogens with zero attached hydrogens (tertiary/aromatic N) is 3. The van der Waals surface area contributed by atoms with E-state index in [0.29, 0.717) is 36.1 Å². The third-order valence-electron chi connectivity index (χ3n) is 4.75. The average Bonchev–Trinajstić information content (AvgIpc) is 2.74. The number of aromatic nitrogens is 2. The molecule has 2 aromatic carbocycles. The molecule has 0 fully saturated rings. The second kappa shape index (κ2) is 10.1. The molecule has 6 nitrogen and oxygen atoms in total. The molecule has 3 aromatic rings. The third-order valence-corrected chi connectivity index (χ3v) is 4.75. The standard InChI is InChI=1S/C25H28N4O2/c1-25(2,3)11-13-30-24-15-21(17-28-29-24)31-23-14-19(16-27)6-9-22(23)20-7-4-18(5-8-20)10-12-26/h4-9,14-15,17H,10-13,26H2,1-3H3. The van der Waals surface area contributed by atoms with Crippen molar-refractivity contribution < 1.29 is 9.47 Å². The molecule has 3 rings (SSSR count). The van der Waals surface area contributed by atoms with Gasteiger partial charge in [0.05, 0.1) is 24.4 Å². The summed E-state index contributed by atoms with van der Waals surface area (Å²) in [6, 6.07) is 17.4. The van der Waals surface area contributed by atoms with Gasteiger partial charge in [0, 0.05) is 11.6 Å². The Labute approximate surface area is 183 Å². The van der Waals surface area contributed by atoms with Crippen LogP contribution in [0.4, 0.5) is 0 Å². The van der Waals surface area contributed by atoms with Crippen LogP contribution in [0, 0.1) is 16.7 Å². The Morgan fingerprint density at radius 3 is 2.52 bits per heavy atom. The molecule has 0 saturated carbocycles. The molecule has 31 heavy (non-hydrogen) atoms. The monoisotopic (exact) mass is 416 g/mol. The Hall–Kier alpha value is -3.43. The average molecular weight is 417 g/mol. The lowest BCUT2D eigenvalue weighted by atomic mass is 9.93. The van der Waals surface area contributed by atoms with Gasteiger partial charge in [0.15, 0.2) is 5.75 Å². The topological polar surface area (TPSA) is 94.0 Å². The summed E-state index contributed by atoms with van der Waals surface area (Å²) in [5, 5.41) is 17.4. The molecule has 1 heterocycles. The molecule has 2 N–H and O–H groups in total.